The van der Waals surface area contributed by atoms with E-state index in [9.17, 15) is 8.42 Å². The van der Waals surface area contributed by atoms with Crippen LogP contribution in [-0.4, -0.2) is 62.1 Å². The van der Waals surface area contributed by atoms with E-state index in [1.54, 1.807) is 14.1 Å². The summed E-state index contributed by atoms with van der Waals surface area (Å²) in [6.45, 7) is 2.54. The van der Waals surface area contributed by atoms with Crippen LogP contribution in [0.2, 0.25) is 0 Å². The van der Waals surface area contributed by atoms with Gasteiger partial charge in [-0.25, -0.2) is 12.7 Å². The minimum Gasteiger partial charge on any atom is -0.302 e. The maximum absolute atomic E-state index is 11.8. The van der Waals surface area contributed by atoms with Gasteiger partial charge in [-0.05, 0) is 43.0 Å². The van der Waals surface area contributed by atoms with Gasteiger partial charge in [-0.15, -0.1) is 0 Å². The molecule has 2 heterocycles. The average Bonchev–Trinajstić information content (AvgIpc) is 2.46. The fourth-order valence-electron chi connectivity index (χ4n) is 2.59. The summed E-state index contributed by atoms with van der Waals surface area (Å²) in [4.78, 5) is 6.31. The maximum atomic E-state index is 11.8. The number of hydrogen-bond acceptors (Lipinski definition) is 4. The first-order valence-corrected chi connectivity index (χ1v) is 8.62. The second-order valence-corrected chi connectivity index (χ2v) is 7.82. The third-order valence-electron chi connectivity index (χ3n) is 3.90. The van der Waals surface area contributed by atoms with Gasteiger partial charge in [0.2, 0.25) is 10.0 Å². The Labute approximate surface area is 121 Å². The van der Waals surface area contributed by atoms with E-state index in [0.29, 0.717) is 12.5 Å². The average molecular weight is 297 g/mol. The van der Waals surface area contributed by atoms with Crippen LogP contribution in [-0.2, 0) is 10.0 Å². The predicted octanol–water partition coefficient (Wildman–Crippen LogP) is 1.15. The monoisotopic (exact) mass is 297 g/mol. The molecular formula is C14H23N3O2S. The molecule has 0 bridgehead atoms. The molecule has 1 aromatic heterocycles. The molecule has 0 saturated carbocycles. The van der Waals surface area contributed by atoms with Crippen molar-refractivity contribution in [1.82, 2.24) is 14.2 Å². The Kier molecular flexibility index (Phi) is 5.12. The molecule has 2 rings (SSSR count). The highest BCUT2D eigenvalue weighted by molar-refractivity contribution is 7.89. The standard InChI is InChI=1S/C14H23N3O2S/c1-16(2)20(18,19)11-10-17-9-3-4-14(12-17)13-5-7-15-8-6-13/h5-8,14H,3-4,9-12H2,1-2H3. The minimum absolute atomic E-state index is 0.197. The molecule has 1 aliphatic heterocycles. The lowest BCUT2D eigenvalue weighted by Crippen LogP contribution is -2.39. The van der Waals surface area contributed by atoms with Gasteiger partial charge in [0.25, 0.3) is 0 Å². The summed E-state index contributed by atoms with van der Waals surface area (Å²) in [6, 6.07) is 4.12. The molecule has 5 nitrogen and oxygen atoms in total. The summed E-state index contributed by atoms with van der Waals surface area (Å²) in [6.07, 6.45) is 5.94. The first-order chi connectivity index (χ1) is 9.49. The first-order valence-electron chi connectivity index (χ1n) is 7.01. The highest BCUT2D eigenvalue weighted by atomic mass is 32.2. The molecule has 1 atom stereocenters. The summed E-state index contributed by atoms with van der Waals surface area (Å²) in [7, 11) is 0.0792. The lowest BCUT2D eigenvalue weighted by Gasteiger charge is -2.33. The molecule has 0 N–H and O–H groups in total. The molecule has 20 heavy (non-hydrogen) atoms. The van der Waals surface area contributed by atoms with Gasteiger partial charge >= 0.3 is 0 Å². The van der Waals surface area contributed by atoms with Crippen molar-refractivity contribution in [1.29, 1.82) is 0 Å². The van der Waals surface area contributed by atoms with Gasteiger partial charge in [0.15, 0.2) is 0 Å². The fraction of sp³-hybridized carbons (Fsp3) is 0.643. The van der Waals surface area contributed by atoms with E-state index in [-0.39, 0.29) is 5.75 Å². The fourth-order valence-corrected chi connectivity index (χ4v) is 3.45. The molecule has 1 saturated heterocycles. The molecule has 112 valence electrons. The zero-order chi connectivity index (χ0) is 14.6. The van der Waals surface area contributed by atoms with Crippen molar-refractivity contribution >= 4 is 10.0 Å². The summed E-state index contributed by atoms with van der Waals surface area (Å²) in [5.41, 5.74) is 1.31. The summed E-state index contributed by atoms with van der Waals surface area (Å²) in [5, 5.41) is 0. The molecule has 1 aromatic rings. The van der Waals surface area contributed by atoms with Crippen LogP contribution in [0, 0.1) is 0 Å². The second kappa shape index (κ2) is 6.65. The van der Waals surface area contributed by atoms with Crippen molar-refractivity contribution in [2.24, 2.45) is 0 Å². The van der Waals surface area contributed by atoms with Crippen LogP contribution in [0.4, 0.5) is 0 Å². The number of nitrogens with zero attached hydrogens (tertiary/aromatic N) is 3. The van der Waals surface area contributed by atoms with Crippen LogP contribution >= 0.6 is 0 Å². The van der Waals surface area contributed by atoms with Gasteiger partial charge < -0.3 is 4.90 Å². The molecule has 0 amide bonds. The first kappa shape index (κ1) is 15.4. The van der Waals surface area contributed by atoms with E-state index in [1.807, 2.05) is 12.4 Å². The van der Waals surface area contributed by atoms with E-state index in [1.165, 1.54) is 16.3 Å². The highest BCUT2D eigenvalue weighted by Crippen LogP contribution is 2.26. The van der Waals surface area contributed by atoms with Crippen molar-refractivity contribution < 1.29 is 8.42 Å². The largest absolute Gasteiger partial charge is 0.302 e. The van der Waals surface area contributed by atoms with Gasteiger partial charge in [0.05, 0.1) is 5.75 Å². The predicted molar refractivity (Wildman–Crippen MR) is 80.1 cm³/mol. The normalized spacial score (nSPS) is 21.2. The molecule has 1 aliphatic rings. The smallest absolute Gasteiger partial charge is 0.214 e. The Morgan fingerprint density at radius 1 is 1.35 bits per heavy atom. The molecule has 0 aromatic carbocycles. The van der Waals surface area contributed by atoms with E-state index in [2.05, 4.69) is 22.0 Å². The molecule has 6 heteroatoms. The SMILES string of the molecule is CN(C)S(=O)(=O)CCN1CCCC(c2ccncc2)C1. The quantitative estimate of drug-likeness (QED) is 0.818. The third-order valence-corrected chi connectivity index (χ3v) is 5.72. The molecule has 1 unspecified atom stereocenters. The zero-order valence-corrected chi connectivity index (χ0v) is 13.0. The van der Waals surface area contributed by atoms with Crippen LogP contribution in [0.3, 0.4) is 0 Å². The Morgan fingerprint density at radius 2 is 2.05 bits per heavy atom. The number of likely N-dealkylation sites (tertiary alicyclic amines) is 1. The van der Waals surface area contributed by atoms with Crippen molar-refractivity contribution in [2.75, 3.05) is 39.5 Å². The van der Waals surface area contributed by atoms with Gasteiger partial charge in [-0.3, -0.25) is 4.98 Å². The van der Waals surface area contributed by atoms with E-state index >= 15 is 0 Å². The lowest BCUT2D eigenvalue weighted by atomic mass is 9.91. The van der Waals surface area contributed by atoms with Gasteiger partial charge in [-0.1, -0.05) is 0 Å². The number of pyridine rings is 1. The Morgan fingerprint density at radius 3 is 2.70 bits per heavy atom. The van der Waals surface area contributed by atoms with Crippen LogP contribution in [0.1, 0.15) is 24.3 Å². The summed E-state index contributed by atoms with van der Waals surface area (Å²) >= 11 is 0. The van der Waals surface area contributed by atoms with E-state index in [0.717, 1.165) is 19.5 Å². The zero-order valence-electron chi connectivity index (χ0n) is 12.2. The number of piperidine rings is 1. The van der Waals surface area contributed by atoms with Crippen LogP contribution in [0.25, 0.3) is 0 Å². The topological polar surface area (TPSA) is 53.5 Å². The van der Waals surface area contributed by atoms with Crippen molar-refractivity contribution in [3.8, 4) is 0 Å². The number of aromatic nitrogens is 1. The second-order valence-electron chi connectivity index (χ2n) is 5.52. The van der Waals surface area contributed by atoms with Crippen molar-refractivity contribution in [2.45, 2.75) is 18.8 Å². The Hall–Kier alpha value is -0.980. The van der Waals surface area contributed by atoms with Gasteiger partial charge in [-0.2, -0.15) is 0 Å². The number of sulfonamides is 1. The van der Waals surface area contributed by atoms with Gasteiger partial charge in [0, 0.05) is 39.6 Å². The lowest BCUT2D eigenvalue weighted by molar-refractivity contribution is 0.218. The van der Waals surface area contributed by atoms with E-state index < -0.39 is 10.0 Å². The number of rotatable bonds is 5. The van der Waals surface area contributed by atoms with Crippen molar-refractivity contribution in [3.05, 3.63) is 30.1 Å². The number of hydrogen-bond donors (Lipinski definition) is 0. The minimum atomic E-state index is -3.10. The molecule has 0 aliphatic carbocycles. The van der Waals surface area contributed by atoms with Crippen LogP contribution in [0.5, 0.6) is 0 Å². The Balaban J connectivity index is 1.91. The summed E-state index contributed by atoms with van der Waals surface area (Å²) < 4.78 is 24.9. The highest BCUT2D eigenvalue weighted by Gasteiger charge is 2.23. The maximum Gasteiger partial charge on any atom is 0.214 e. The Bertz CT molecular complexity index is 516. The van der Waals surface area contributed by atoms with Crippen LogP contribution in [0.15, 0.2) is 24.5 Å². The summed E-state index contributed by atoms with van der Waals surface area (Å²) in [5.74, 6) is 0.692. The van der Waals surface area contributed by atoms with Gasteiger partial charge in [0.1, 0.15) is 0 Å². The molecule has 1 fully saturated rings. The third kappa shape index (κ3) is 4.01. The van der Waals surface area contributed by atoms with E-state index in [4.69, 9.17) is 0 Å². The van der Waals surface area contributed by atoms with Crippen LogP contribution < -0.4 is 0 Å². The molecule has 0 spiro atoms. The van der Waals surface area contributed by atoms with Crippen molar-refractivity contribution in [3.63, 3.8) is 0 Å². The molecule has 0 radical (unpaired) electrons. The molecular weight excluding hydrogens is 274 g/mol.